The average Bonchev–Trinajstić information content (AvgIpc) is 2.61. The molecular formula is C20H19NO2S. The van der Waals surface area contributed by atoms with Crippen LogP contribution in [0.15, 0.2) is 65.6 Å². The van der Waals surface area contributed by atoms with E-state index in [-0.39, 0.29) is 0 Å². The van der Waals surface area contributed by atoms with Gasteiger partial charge in [0.05, 0.1) is 10.6 Å². The molecule has 1 aliphatic rings. The Bertz CT molecular complexity index is 1000. The molecule has 0 saturated carbocycles. The zero-order valence-corrected chi connectivity index (χ0v) is 14.1. The van der Waals surface area contributed by atoms with Crippen LogP contribution in [0.5, 0.6) is 0 Å². The number of sulfonamides is 1. The average molecular weight is 337 g/mol. The van der Waals surface area contributed by atoms with Gasteiger partial charge in [0.2, 0.25) is 0 Å². The molecule has 1 N–H and O–H groups in total. The van der Waals surface area contributed by atoms with Crippen LogP contribution in [0.2, 0.25) is 0 Å². The molecule has 0 spiro atoms. The Morgan fingerprint density at radius 3 is 2.42 bits per heavy atom. The van der Waals surface area contributed by atoms with Crippen molar-refractivity contribution in [3.63, 3.8) is 0 Å². The van der Waals surface area contributed by atoms with E-state index in [0.717, 1.165) is 30.0 Å². The number of aryl methyl sites for hydroxylation is 2. The third kappa shape index (κ3) is 2.78. The van der Waals surface area contributed by atoms with Gasteiger partial charge in [0.1, 0.15) is 0 Å². The van der Waals surface area contributed by atoms with E-state index in [1.165, 1.54) is 17.5 Å². The van der Waals surface area contributed by atoms with Crippen molar-refractivity contribution in [1.29, 1.82) is 0 Å². The van der Waals surface area contributed by atoms with Gasteiger partial charge in [-0.05, 0) is 60.4 Å². The molecule has 24 heavy (non-hydrogen) atoms. The summed E-state index contributed by atoms with van der Waals surface area (Å²) in [4.78, 5) is 0.344. The fourth-order valence-electron chi connectivity index (χ4n) is 3.40. The number of hydrogen-bond donors (Lipinski definition) is 1. The predicted molar refractivity (Wildman–Crippen MR) is 97.8 cm³/mol. The first-order valence-corrected chi connectivity index (χ1v) is 9.74. The summed E-state index contributed by atoms with van der Waals surface area (Å²) >= 11 is 0. The van der Waals surface area contributed by atoms with Crippen molar-refractivity contribution in [2.75, 3.05) is 4.72 Å². The second-order valence-electron chi connectivity index (χ2n) is 6.27. The topological polar surface area (TPSA) is 46.2 Å². The van der Waals surface area contributed by atoms with Crippen molar-refractivity contribution in [1.82, 2.24) is 0 Å². The lowest BCUT2D eigenvalue weighted by molar-refractivity contribution is 0.600. The smallest absolute Gasteiger partial charge is 0.261 e. The third-order valence-electron chi connectivity index (χ3n) is 4.66. The van der Waals surface area contributed by atoms with Crippen LogP contribution in [-0.2, 0) is 22.9 Å². The molecular weight excluding hydrogens is 318 g/mol. The zero-order valence-electron chi connectivity index (χ0n) is 13.3. The van der Waals surface area contributed by atoms with Gasteiger partial charge in [-0.15, -0.1) is 0 Å². The zero-order chi connectivity index (χ0) is 16.6. The number of nitrogens with one attached hydrogen (secondary N) is 1. The highest BCUT2D eigenvalue weighted by Gasteiger charge is 2.18. The summed E-state index contributed by atoms with van der Waals surface area (Å²) in [6.07, 6.45) is 4.33. The van der Waals surface area contributed by atoms with E-state index in [0.29, 0.717) is 10.6 Å². The van der Waals surface area contributed by atoms with E-state index in [9.17, 15) is 8.42 Å². The Kier molecular flexibility index (Phi) is 3.77. The predicted octanol–water partition coefficient (Wildman–Crippen LogP) is 4.52. The summed E-state index contributed by atoms with van der Waals surface area (Å²) in [6, 6.07) is 18.9. The Balaban J connectivity index is 1.73. The minimum atomic E-state index is -3.59. The van der Waals surface area contributed by atoms with Crippen LogP contribution in [-0.4, -0.2) is 8.42 Å². The number of fused-ring (bicyclic) bond motifs is 2. The lowest BCUT2D eigenvalue weighted by Gasteiger charge is -2.17. The van der Waals surface area contributed by atoms with Crippen LogP contribution in [0.25, 0.3) is 10.8 Å². The number of benzene rings is 3. The van der Waals surface area contributed by atoms with E-state index in [1.54, 1.807) is 12.1 Å². The molecule has 0 atom stereocenters. The summed E-state index contributed by atoms with van der Waals surface area (Å²) in [5.74, 6) is 0. The van der Waals surface area contributed by atoms with Crippen molar-refractivity contribution >= 4 is 26.5 Å². The van der Waals surface area contributed by atoms with Crippen LogP contribution in [0.1, 0.15) is 24.0 Å². The van der Waals surface area contributed by atoms with Gasteiger partial charge >= 0.3 is 0 Å². The fraction of sp³-hybridized carbons (Fsp3) is 0.200. The molecule has 0 saturated heterocycles. The molecule has 4 rings (SSSR count). The highest BCUT2D eigenvalue weighted by atomic mass is 32.2. The highest BCUT2D eigenvalue weighted by Crippen LogP contribution is 2.28. The maximum Gasteiger partial charge on any atom is 0.261 e. The SMILES string of the molecule is O=S(=O)(Nc1cccc2ccccc12)c1ccc2c(c1)CCCC2. The van der Waals surface area contributed by atoms with E-state index in [4.69, 9.17) is 0 Å². The Morgan fingerprint density at radius 2 is 1.54 bits per heavy atom. The minimum absolute atomic E-state index is 0.344. The first-order valence-electron chi connectivity index (χ1n) is 8.26. The molecule has 3 aromatic carbocycles. The van der Waals surface area contributed by atoms with Gasteiger partial charge in [-0.25, -0.2) is 8.42 Å². The van der Waals surface area contributed by atoms with Gasteiger partial charge in [0, 0.05) is 5.39 Å². The Hall–Kier alpha value is -2.33. The van der Waals surface area contributed by atoms with Gasteiger partial charge in [0.15, 0.2) is 0 Å². The number of rotatable bonds is 3. The third-order valence-corrected chi connectivity index (χ3v) is 6.03. The Labute approximate surface area is 142 Å². The standard InChI is InChI=1S/C20H19NO2S/c22-24(23,18-13-12-15-6-1-2-8-17(15)14-18)21-20-11-5-9-16-7-3-4-10-19(16)20/h3-5,7,9-14,21H,1-2,6,8H2. The van der Waals surface area contributed by atoms with Crippen LogP contribution in [0, 0.1) is 0 Å². The molecule has 0 bridgehead atoms. The molecule has 0 unspecified atom stereocenters. The highest BCUT2D eigenvalue weighted by molar-refractivity contribution is 7.92. The molecule has 0 aliphatic heterocycles. The van der Waals surface area contributed by atoms with E-state index >= 15 is 0 Å². The molecule has 3 aromatic rings. The largest absolute Gasteiger partial charge is 0.279 e. The maximum atomic E-state index is 12.8. The van der Waals surface area contributed by atoms with Crippen LogP contribution >= 0.6 is 0 Å². The van der Waals surface area contributed by atoms with E-state index in [2.05, 4.69) is 4.72 Å². The normalized spacial score (nSPS) is 14.3. The lowest BCUT2D eigenvalue weighted by atomic mass is 9.92. The second-order valence-corrected chi connectivity index (χ2v) is 7.95. The van der Waals surface area contributed by atoms with Gasteiger partial charge in [0.25, 0.3) is 10.0 Å². The quantitative estimate of drug-likeness (QED) is 0.764. The van der Waals surface area contributed by atoms with E-state index in [1.807, 2.05) is 48.5 Å². The molecule has 4 heteroatoms. The molecule has 122 valence electrons. The minimum Gasteiger partial charge on any atom is -0.279 e. The van der Waals surface area contributed by atoms with Crippen molar-refractivity contribution in [2.24, 2.45) is 0 Å². The monoisotopic (exact) mass is 337 g/mol. The molecule has 0 radical (unpaired) electrons. The van der Waals surface area contributed by atoms with Crippen LogP contribution in [0.3, 0.4) is 0 Å². The lowest BCUT2D eigenvalue weighted by Crippen LogP contribution is -2.14. The van der Waals surface area contributed by atoms with Gasteiger partial charge in [-0.3, -0.25) is 4.72 Å². The molecule has 0 heterocycles. The van der Waals surface area contributed by atoms with Crippen molar-refractivity contribution < 1.29 is 8.42 Å². The summed E-state index contributed by atoms with van der Waals surface area (Å²) < 4.78 is 28.4. The Morgan fingerprint density at radius 1 is 0.792 bits per heavy atom. The fourth-order valence-corrected chi connectivity index (χ4v) is 4.53. The number of anilines is 1. The first kappa shape index (κ1) is 15.2. The molecule has 1 aliphatic carbocycles. The second kappa shape index (κ2) is 5.95. The summed E-state index contributed by atoms with van der Waals surface area (Å²) in [5.41, 5.74) is 3.07. The van der Waals surface area contributed by atoms with Crippen molar-refractivity contribution in [3.8, 4) is 0 Å². The molecule has 0 amide bonds. The van der Waals surface area contributed by atoms with Crippen molar-refractivity contribution in [2.45, 2.75) is 30.6 Å². The maximum absolute atomic E-state index is 12.8. The molecule has 0 fully saturated rings. The molecule has 0 aromatic heterocycles. The van der Waals surface area contributed by atoms with Gasteiger partial charge < -0.3 is 0 Å². The van der Waals surface area contributed by atoms with Gasteiger partial charge in [-0.1, -0.05) is 42.5 Å². The van der Waals surface area contributed by atoms with E-state index < -0.39 is 10.0 Å². The summed E-state index contributed by atoms with van der Waals surface area (Å²) in [5, 5.41) is 1.92. The summed E-state index contributed by atoms with van der Waals surface area (Å²) in [6.45, 7) is 0. The summed E-state index contributed by atoms with van der Waals surface area (Å²) in [7, 11) is -3.59. The van der Waals surface area contributed by atoms with Crippen LogP contribution < -0.4 is 4.72 Å². The number of hydrogen-bond acceptors (Lipinski definition) is 2. The van der Waals surface area contributed by atoms with Crippen molar-refractivity contribution in [3.05, 3.63) is 71.8 Å². The van der Waals surface area contributed by atoms with Gasteiger partial charge in [-0.2, -0.15) is 0 Å². The molecule has 3 nitrogen and oxygen atoms in total. The first-order chi connectivity index (χ1) is 11.6. The van der Waals surface area contributed by atoms with Crippen LogP contribution in [0.4, 0.5) is 5.69 Å².